The minimum absolute atomic E-state index is 0.0157. The van der Waals surface area contributed by atoms with Crippen molar-refractivity contribution < 1.29 is 18.3 Å². The highest BCUT2D eigenvalue weighted by atomic mass is 19.4. The van der Waals surface area contributed by atoms with E-state index in [1.165, 1.54) is 0 Å². The first-order valence-corrected chi connectivity index (χ1v) is 5.57. The van der Waals surface area contributed by atoms with Crippen LogP contribution >= 0.6 is 0 Å². The van der Waals surface area contributed by atoms with E-state index in [9.17, 15) is 13.2 Å². The normalized spacial score (nSPS) is 22.3. The van der Waals surface area contributed by atoms with E-state index >= 15 is 0 Å². The van der Waals surface area contributed by atoms with E-state index in [1.54, 1.807) is 4.90 Å². The first kappa shape index (κ1) is 13.7. The molecule has 3 N–H and O–H groups in total. The minimum Gasteiger partial charge on any atom is -0.396 e. The van der Waals surface area contributed by atoms with Crippen LogP contribution in [-0.2, 0) is 0 Å². The predicted octanol–water partition coefficient (Wildman–Crippen LogP) is 0.828. The highest BCUT2D eigenvalue weighted by Gasteiger charge is 2.39. The summed E-state index contributed by atoms with van der Waals surface area (Å²) in [6, 6.07) is 0. The highest BCUT2D eigenvalue weighted by molar-refractivity contribution is 4.77. The third kappa shape index (κ3) is 3.92. The van der Waals surface area contributed by atoms with Crippen LogP contribution in [0.3, 0.4) is 0 Å². The molecular formula is C10H19F3N2O. The number of aliphatic hydroxyl groups is 1. The second-order valence-corrected chi connectivity index (χ2v) is 4.40. The maximum absolute atomic E-state index is 12.5. The number of halogens is 3. The topological polar surface area (TPSA) is 49.5 Å². The Labute approximate surface area is 93.4 Å². The zero-order chi connectivity index (χ0) is 12.2. The molecule has 0 aromatic carbocycles. The van der Waals surface area contributed by atoms with Crippen molar-refractivity contribution in [2.45, 2.75) is 19.0 Å². The van der Waals surface area contributed by atoms with Crippen LogP contribution < -0.4 is 5.73 Å². The molecule has 0 spiro atoms. The van der Waals surface area contributed by atoms with Gasteiger partial charge in [-0.2, -0.15) is 13.2 Å². The highest BCUT2D eigenvalue weighted by Crippen LogP contribution is 2.27. The molecule has 1 atom stereocenters. The van der Waals surface area contributed by atoms with Crippen LogP contribution in [0.15, 0.2) is 0 Å². The van der Waals surface area contributed by atoms with Gasteiger partial charge >= 0.3 is 6.18 Å². The van der Waals surface area contributed by atoms with Gasteiger partial charge in [0.1, 0.15) is 0 Å². The predicted molar refractivity (Wildman–Crippen MR) is 54.8 cm³/mol. The Morgan fingerprint density at radius 1 is 1.31 bits per heavy atom. The molecule has 1 unspecified atom stereocenters. The lowest BCUT2D eigenvalue weighted by molar-refractivity contribution is -0.177. The molecule has 0 aromatic rings. The van der Waals surface area contributed by atoms with E-state index in [1.807, 2.05) is 0 Å². The molecule has 0 amide bonds. The van der Waals surface area contributed by atoms with Gasteiger partial charge in [-0.15, -0.1) is 0 Å². The number of nitrogens with zero attached hydrogens (tertiary/aromatic N) is 1. The Kier molecular flexibility index (Phi) is 5.01. The first-order chi connectivity index (χ1) is 7.47. The van der Waals surface area contributed by atoms with E-state index in [0.717, 1.165) is 12.8 Å². The van der Waals surface area contributed by atoms with Crippen LogP contribution in [0.1, 0.15) is 12.8 Å². The number of alkyl halides is 3. The fourth-order valence-electron chi connectivity index (χ4n) is 1.97. The van der Waals surface area contributed by atoms with Crippen LogP contribution in [0.2, 0.25) is 0 Å². The summed E-state index contributed by atoms with van der Waals surface area (Å²) in [7, 11) is 0. The smallest absolute Gasteiger partial charge is 0.394 e. The molecule has 0 bridgehead atoms. The second-order valence-electron chi connectivity index (χ2n) is 4.40. The van der Waals surface area contributed by atoms with Crippen LogP contribution in [-0.4, -0.2) is 49.0 Å². The molecule has 0 aliphatic carbocycles. The minimum atomic E-state index is -4.21. The SMILES string of the molecule is NCC(CN1CCC(CO)CC1)C(F)(F)F. The van der Waals surface area contributed by atoms with Gasteiger partial charge in [0.2, 0.25) is 0 Å². The van der Waals surface area contributed by atoms with Crippen molar-refractivity contribution in [1.82, 2.24) is 4.90 Å². The Balaban J connectivity index is 2.37. The molecule has 6 heteroatoms. The van der Waals surface area contributed by atoms with Gasteiger partial charge in [-0.25, -0.2) is 0 Å². The zero-order valence-electron chi connectivity index (χ0n) is 9.21. The number of hydrogen-bond acceptors (Lipinski definition) is 3. The van der Waals surface area contributed by atoms with Gasteiger partial charge in [0, 0.05) is 19.7 Å². The number of piperidine rings is 1. The molecule has 3 nitrogen and oxygen atoms in total. The average molecular weight is 240 g/mol. The lowest BCUT2D eigenvalue weighted by Crippen LogP contribution is -2.44. The third-order valence-electron chi connectivity index (χ3n) is 3.19. The molecular weight excluding hydrogens is 221 g/mol. The summed E-state index contributed by atoms with van der Waals surface area (Å²) in [4.78, 5) is 1.79. The molecule has 0 radical (unpaired) electrons. The summed E-state index contributed by atoms with van der Waals surface area (Å²) in [5.74, 6) is -1.18. The summed E-state index contributed by atoms with van der Waals surface area (Å²) < 4.78 is 37.4. The third-order valence-corrected chi connectivity index (χ3v) is 3.19. The van der Waals surface area contributed by atoms with Crippen molar-refractivity contribution in [3.8, 4) is 0 Å². The number of nitrogens with two attached hydrogens (primary N) is 1. The monoisotopic (exact) mass is 240 g/mol. The molecule has 1 heterocycles. The lowest BCUT2D eigenvalue weighted by atomic mass is 9.97. The molecule has 1 aliphatic heterocycles. The van der Waals surface area contributed by atoms with Crippen molar-refractivity contribution in [3.05, 3.63) is 0 Å². The molecule has 1 aliphatic rings. The van der Waals surface area contributed by atoms with E-state index in [4.69, 9.17) is 10.8 Å². The molecule has 96 valence electrons. The first-order valence-electron chi connectivity index (χ1n) is 5.57. The maximum atomic E-state index is 12.5. The molecule has 0 aromatic heterocycles. The van der Waals surface area contributed by atoms with Gasteiger partial charge in [0.05, 0.1) is 5.92 Å². The second kappa shape index (κ2) is 5.84. The summed E-state index contributed by atoms with van der Waals surface area (Å²) in [5.41, 5.74) is 5.14. The van der Waals surface area contributed by atoms with E-state index < -0.39 is 12.1 Å². The standard InChI is InChI=1S/C10H19F3N2O/c11-10(12,13)9(5-14)6-15-3-1-8(7-16)2-4-15/h8-9,16H,1-7,14H2. The van der Waals surface area contributed by atoms with Crippen molar-refractivity contribution in [3.63, 3.8) is 0 Å². The Bertz CT molecular complexity index is 203. The summed E-state index contributed by atoms with van der Waals surface area (Å²) in [6.07, 6.45) is -2.67. The number of rotatable bonds is 4. The number of hydrogen-bond donors (Lipinski definition) is 2. The van der Waals surface area contributed by atoms with Gasteiger partial charge in [0.15, 0.2) is 0 Å². The van der Waals surface area contributed by atoms with Gasteiger partial charge in [-0.05, 0) is 31.8 Å². The maximum Gasteiger partial charge on any atom is 0.394 e. The van der Waals surface area contributed by atoms with Crippen molar-refractivity contribution in [1.29, 1.82) is 0 Å². The van der Waals surface area contributed by atoms with Crippen molar-refractivity contribution >= 4 is 0 Å². The van der Waals surface area contributed by atoms with E-state index in [-0.39, 0.29) is 25.6 Å². The molecule has 1 saturated heterocycles. The Morgan fingerprint density at radius 2 is 1.88 bits per heavy atom. The number of likely N-dealkylation sites (tertiary alicyclic amines) is 1. The van der Waals surface area contributed by atoms with Gasteiger partial charge in [-0.3, -0.25) is 0 Å². The molecule has 0 saturated carbocycles. The molecule has 1 fully saturated rings. The molecule has 1 rings (SSSR count). The van der Waals surface area contributed by atoms with E-state index in [2.05, 4.69) is 0 Å². The zero-order valence-corrected chi connectivity index (χ0v) is 9.21. The van der Waals surface area contributed by atoms with Crippen LogP contribution in [0, 0.1) is 11.8 Å². The van der Waals surface area contributed by atoms with Crippen molar-refractivity contribution in [2.24, 2.45) is 17.6 Å². The average Bonchev–Trinajstić information content (AvgIpc) is 2.25. The van der Waals surface area contributed by atoms with Crippen LogP contribution in [0.5, 0.6) is 0 Å². The van der Waals surface area contributed by atoms with E-state index in [0.29, 0.717) is 13.1 Å². The fraction of sp³-hybridized carbons (Fsp3) is 1.00. The Hall–Kier alpha value is -0.330. The summed E-state index contributed by atoms with van der Waals surface area (Å²) in [5, 5.41) is 8.92. The quantitative estimate of drug-likeness (QED) is 0.765. The summed E-state index contributed by atoms with van der Waals surface area (Å²) in [6.45, 7) is 1.00. The largest absolute Gasteiger partial charge is 0.396 e. The van der Waals surface area contributed by atoms with Gasteiger partial charge < -0.3 is 15.7 Å². The van der Waals surface area contributed by atoms with Gasteiger partial charge in [0.25, 0.3) is 0 Å². The van der Waals surface area contributed by atoms with Crippen LogP contribution in [0.25, 0.3) is 0 Å². The Morgan fingerprint density at radius 3 is 2.25 bits per heavy atom. The summed E-state index contributed by atoms with van der Waals surface area (Å²) >= 11 is 0. The number of aliphatic hydroxyl groups excluding tert-OH is 1. The lowest BCUT2D eigenvalue weighted by Gasteiger charge is -2.33. The molecule has 16 heavy (non-hydrogen) atoms. The van der Waals surface area contributed by atoms with Crippen molar-refractivity contribution in [2.75, 3.05) is 32.8 Å². The van der Waals surface area contributed by atoms with Crippen LogP contribution in [0.4, 0.5) is 13.2 Å². The van der Waals surface area contributed by atoms with Gasteiger partial charge in [-0.1, -0.05) is 0 Å². The fourth-order valence-corrected chi connectivity index (χ4v) is 1.97.